The number of thiazole rings is 1. The third kappa shape index (κ3) is 3.14. The molecule has 0 fully saturated rings. The molecule has 0 unspecified atom stereocenters. The van der Waals surface area contributed by atoms with Gasteiger partial charge in [0.1, 0.15) is 0 Å². The Hall–Kier alpha value is -1.43. The zero-order chi connectivity index (χ0) is 10.6. The average Bonchev–Trinajstić information content (AvgIpc) is 2.50. The Balaban J connectivity index is 2.51. The van der Waals surface area contributed by atoms with E-state index in [0.29, 0.717) is 16.3 Å². The highest BCUT2D eigenvalue weighted by Crippen LogP contribution is 2.16. The summed E-state index contributed by atoms with van der Waals surface area (Å²) in [4.78, 5) is 25.6. The van der Waals surface area contributed by atoms with E-state index in [9.17, 15) is 9.59 Å². The molecule has 14 heavy (non-hydrogen) atoms. The molecule has 0 spiro atoms. The Morgan fingerprint density at radius 2 is 2.43 bits per heavy atom. The van der Waals surface area contributed by atoms with Gasteiger partial charge in [-0.15, -0.1) is 0 Å². The lowest BCUT2D eigenvalue weighted by atomic mass is 10.5. The van der Waals surface area contributed by atoms with Gasteiger partial charge in [-0.05, 0) is 13.8 Å². The van der Waals surface area contributed by atoms with E-state index in [1.807, 2.05) is 0 Å². The van der Waals surface area contributed by atoms with Crippen LogP contribution < -0.4 is 5.32 Å². The maximum absolute atomic E-state index is 11.1. The van der Waals surface area contributed by atoms with Crippen molar-refractivity contribution >= 4 is 28.8 Å². The highest BCUT2D eigenvalue weighted by Gasteiger charge is 2.08. The number of aromatic nitrogens is 1. The summed E-state index contributed by atoms with van der Waals surface area (Å²) in [6, 6.07) is 0. The Kier molecular flexibility index (Phi) is 3.58. The molecular formula is C8H10N2O3S. The minimum atomic E-state index is -0.563. The van der Waals surface area contributed by atoms with Gasteiger partial charge in [0.15, 0.2) is 11.4 Å². The van der Waals surface area contributed by atoms with Crippen LogP contribution >= 0.6 is 11.3 Å². The second kappa shape index (κ2) is 4.71. The molecule has 0 atom stereocenters. The lowest BCUT2D eigenvalue weighted by Crippen LogP contribution is -2.17. The van der Waals surface area contributed by atoms with E-state index >= 15 is 0 Å². The number of hydrogen-bond acceptors (Lipinski definition) is 5. The Bertz CT molecular complexity index is 335. The number of carbonyl (C=O) groups excluding carboxylic acids is 2. The van der Waals surface area contributed by atoms with Crippen molar-refractivity contribution in [3.63, 3.8) is 0 Å². The fraction of sp³-hybridized carbons (Fsp3) is 0.375. The molecule has 0 saturated heterocycles. The van der Waals surface area contributed by atoms with Gasteiger partial charge in [-0.1, -0.05) is 11.3 Å². The second-order valence-corrected chi connectivity index (χ2v) is 3.83. The van der Waals surface area contributed by atoms with Gasteiger partial charge < -0.3 is 4.74 Å². The summed E-state index contributed by atoms with van der Waals surface area (Å²) < 4.78 is 4.83. The summed E-state index contributed by atoms with van der Waals surface area (Å²) in [6.45, 7) is 3.50. The predicted octanol–water partition coefficient (Wildman–Crippen LogP) is 1.91. The summed E-state index contributed by atoms with van der Waals surface area (Å²) >= 11 is 1.10. The summed E-state index contributed by atoms with van der Waals surface area (Å²) in [5.41, 5.74) is 0. The van der Waals surface area contributed by atoms with Crippen LogP contribution in [0.3, 0.4) is 0 Å². The van der Waals surface area contributed by atoms with E-state index < -0.39 is 6.09 Å². The quantitative estimate of drug-likeness (QED) is 0.780. The minimum absolute atomic E-state index is 0.180. The molecule has 1 N–H and O–H groups in total. The molecule has 6 heteroatoms. The van der Waals surface area contributed by atoms with Crippen molar-refractivity contribution in [1.29, 1.82) is 0 Å². The standard InChI is InChI=1S/C8H10N2O3S/c1-5(2)13-8(12)10-7-9-3-6(4-11)14-7/h3-5H,1-2H3,(H,9,10,12). The molecular weight excluding hydrogens is 204 g/mol. The van der Waals surface area contributed by atoms with E-state index in [4.69, 9.17) is 4.74 Å². The number of rotatable bonds is 3. The van der Waals surface area contributed by atoms with Gasteiger partial charge in [-0.3, -0.25) is 10.1 Å². The van der Waals surface area contributed by atoms with Crippen LogP contribution in [0.1, 0.15) is 23.5 Å². The maximum Gasteiger partial charge on any atom is 0.413 e. The number of aldehydes is 1. The molecule has 0 aliphatic heterocycles. The van der Waals surface area contributed by atoms with Crippen molar-refractivity contribution in [3.05, 3.63) is 11.1 Å². The lowest BCUT2D eigenvalue weighted by molar-refractivity contribution is 0.112. The zero-order valence-electron chi connectivity index (χ0n) is 7.81. The minimum Gasteiger partial charge on any atom is -0.447 e. The molecule has 0 saturated carbocycles. The first-order valence-corrected chi connectivity index (χ1v) is 4.82. The number of carbonyl (C=O) groups is 2. The first-order chi connectivity index (χ1) is 6.61. The van der Waals surface area contributed by atoms with Gasteiger partial charge in [0.05, 0.1) is 17.2 Å². The smallest absolute Gasteiger partial charge is 0.413 e. The van der Waals surface area contributed by atoms with Gasteiger partial charge in [-0.2, -0.15) is 0 Å². The topological polar surface area (TPSA) is 68.3 Å². The highest BCUT2D eigenvalue weighted by molar-refractivity contribution is 7.17. The fourth-order valence-corrected chi connectivity index (χ4v) is 1.35. The van der Waals surface area contributed by atoms with Crippen LogP contribution in [0.15, 0.2) is 6.20 Å². The third-order valence-corrected chi connectivity index (χ3v) is 2.03. The van der Waals surface area contributed by atoms with Crippen molar-refractivity contribution in [2.45, 2.75) is 20.0 Å². The van der Waals surface area contributed by atoms with E-state index in [0.717, 1.165) is 11.3 Å². The van der Waals surface area contributed by atoms with E-state index in [2.05, 4.69) is 10.3 Å². The van der Waals surface area contributed by atoms with Gasteiger partial charge >= 0.3 is 6.09 Å². The number of nitrogens with one attached hydrogen (secondary N) is 1. The van der Waals surface area contributed by atoms with Crippen molar-refractivity contribution in [2.24, 2.45) is 0 Å². The summed E-state index contributed by atoms with van der Waals surface area (Å²) in [5.74, 6) is 0. The number of ether oxygens (including phenoxy) is 1. The molecule has 5 nitrogen and oxygen atoms in total. The summed E-state index contributed by atoms with van der Waals surface area (Å²) in [5, 5.41) is 2.77. The first-order valence-electron chi connectivity index (χ1n) is 4.00. The molecule has 1 aromatic rings. The van der Waals surface area contributed by atoms with Crippen LogP contribution in [0.4, 0.5) is 9.93 Å². The van der Waals surface area contributed by atoms with Crippen molar-refractivity contribution in [3.8, 4) is 0 Å². The van der Waals surface area contributed by atoms with Crippen molar-refractivity contribution < 1.29 is 14.3 Å². The molecule has 0 aromatic carbocycles. The number of nitrogens with zero attached hydrogens (tertiary/aromatic N) is 1. The summed E-state index contributed by atoms with van der Waals surface area (Å²) in [7, 11) is 0. The normalized spacial score (nSPS) is 9.93. The first kappa shape index (κ1) is 10.6. The van der Waals surface area contributed by atoms with Crippen molar-refractivity contribution in [2.75, 3.05) is 5.32 Å². The molecule has 76 valence electrons. The molecule has 1 heterocycles. The number of amides is 1. The zero-order valence-corrected chi connectivity index (χ0v) is 8.63. The van der Waals surface area contributed by atoms with E-state index in [-0.39, 0.29) is 6.10 Å². The van der Waals surface area contributed by atoms with Crippen LogP contribution in [-0.4, -0.2) is 23.5 Å². The van der Waals surface area contributed by atoms with Crippen molar-refractivity contribution in [1.82, 2.24) is 4.98 Å². The van der Waals surface area contributed by atoms with Crippen LogP contribution in [0.5, 0.6) is 0 Å². The predicted molar refractivity (Wildman–Crippen MR) is 52.7 cm³/mol. The Morgan fingerprint density at radius 1 is 1.71 bits per heavy atom. The van der Waals surface area contributed by atoms with Gasteiger partial charge in [0.25, 0.3) is 0 Å². The molecule has 1 aromatic heterocycles. The number of anilines is 1. The lowest BCUT2D eigenvalue weighted by Gasteiger charge is -2.06. The SMILES string of the molecule is CC(C)OC(=O)Nc1ncc(C=O)s1. The molecule has 1 amide bonds. The average molecular weight is 214 g/mol. The van der Waals surface area contributed by atoms with E-state index in [1.165, 1.54) is 6.20 Å². The molecule has 0 bridgehead atoms. The molecule has 0 aliphatic rings. The number of hydrogen-bond donors (Lipinski definition) is 1. The van der Waals surface area contributed by atoms with Gasteiger partial charge in [0, 0.05) is 0 Å². The molecule has 0 radical (unpaired) electrons. The fourth-order valence-electron chi connectivity index (χ4n) is 0.730. The van der Waals surface area contributed by atoms with Gasteiger partial charge in [0.2, 0.25) is 0 Å². The molecule has 1 rings (SSSR count). The Labute approximate surface area is 85.1 Å². The third-order valence-electron chi connectivity index (χ3n) is 1.19. The van der Waals surface area contributed by atoms with Gasteiger partial charge in [-0.25, -0.2) is 9.78 Å². The van der Waals surface area contributed by atoms with Crippen LogP contribution in [0.25, 0.3) is 0 Å². The van der Waals surface area contributed by atoms with Crippen LogP contribution in [-0.2, 0) is 4.74 Å². The van der Waals surface area contributed by atoms with E-state index in [1.54, 1.807) is 13.8 Å². The Morgan fingerprint density at radius 3 is 2.93 bits per heavy atom. The molecule has 0 aliphatic carbocycles. The second-order valence-electron chi connectivity index (χ2n) is 2.76. The highest BCUT2D eigenvalue weighted by atomic mass is 32.1. The summed E-state index contributed by atoms with van der Waals surface area (Å²) in [6.07, 6.45) is 1.33. The maximum atomic E-state index is 11.1. The van der Waals surface area contributed by atoms with Crippen LogP contribution in [0, 0.1) is 0 Å². The monoisotopic (exact) mass is 214 g/mol. The van der Waals surface area contributed by atoms with Crippen LogP contribution in [0.2, 0.25) is 0 Å². The largest absolute Gasteiger partial charge is 0.447 e.